The van der Waals surface area contributed by atoms with Crippen LogP contribution in [0.3, 0.4) is 0 Å². The molecule has 0 unspecified atom stereocenters. The number of sulfone groups is 1. The van der Waals surface area contributed by atoms with E-state index < -0.39 is 97.2 Å². The Balaban J connectivity index is 2.31. The van der Waals surface area contributed by atoms with Crippen LogP contribution in [0.5, 0.6) is 0 Å². The van der Waals surface area contributed by atoms with Crippen molar-refractivity contribution in [1.82, 2.24) is 19.4 Å². The molecule has 0 bridgehead atoms. The number of rotatable bonds is 12. The fourth-order valence-electron chi connectivity index (χ4n) is 4.03. The third-order valence-corrected chi connectivity index (χ3v) is 12.1. The summed E-state index contributed by atoms with van der Waals surface area (Å²) in [5, 5.41) is -0.990. The van der Waals surface area contributed by atoms with Crippen molar-refractivity contribution in [2.45, 2.75) is 53.8 Å². The number of amides is 4. The number of carbonyl (C=O) groups is 6. The summed E-state index contributed by atoms with van der Waals surface area (Å²) in [6, 6.07) is 0.217. The maximum absolute atomic E-state index is 13.2. The summed E-state index contributed by atoms with van der Waals surface area (Å²) in [5.41, 5.74) is 0.0497. The summed E-state index contributed by atoms with van der Waals surface area (Å²) in [6.45, 7) is 3.02. The van der Waals surface area contributed by atoms with Gasteiger partial charge in [-0.3, -0.25) is 28.8 Å². The molecule has 4 amide bonds. The van der Waals surface area contributed by atoms with Crippen LogP contribution in [-0.4, -0.2) is 119 Å². The second kappa shape index (κ2) is 14.3. The first-order valence-electron chi connectivity index (χ1n) is 12.8. The minimum atomic E-state index is -4.60. The first-order chi connectivity index (χ1) is 19.8. The number of esters is 2. The van der Waals surface area contributed by atoms with Gasteiger partial charge in [0.2, 0.25) is 5.91 Å². The normalized spacial score (nSPS) is 17.2. The minimum absolute atomic E-state index is 0.0497. The Morgan fingerprint density at radius 3 is 1.95 bits per heavy atom. The van der Waals surface area contributed by atoms with Gasteiger partial charge in [0, 0.05) is 40.1 Å². The molecule has 2 atom stereocenters. The molecule has 0 aromatic carbocycles. The van der Waals surface area contributed by atoms with Crippen molar-refractivity contribution in [3.8, 4) is 0 Å². The molecule has 1 aliphatic rings. The van der Waals surface area contributed by atoms with E-state index in [0.29, 0.717) is 11.3 Å². The lowest BCUT2D eigenvalue weighted by Crippen LogP contribution is -2.45. The number of likely N-dealkylation sites (N-methyl/N-ethyl adjacent to an activating group) is 3. The second-order valence-electron chi connectivity index (χ2n) is 9.68. The van der Waals surface area contributed by atoms with Crippen molar-refractivity contribution < 1.29 is 55.1 Å². The van der Waals surface area contributed by atoms with Crippen molar-refractivity contribution in [2.75, 3.05) is 46.9 Å². The van der Waals surface area contributed by atoms with Crippen molar-refractivity contribution in [3.05, 3.63) is 11.6 Å². The van der Waals surface area contributed by atoms with Gasteiger partial charge in [0.15, 0.2) is 23.1 Å². The highest BCUT2D eigenvalue weighted by molar-refractivity contribution is 7.95. The lowest BCUT2D eigenvalue weighted by Gasteiger charge is -2.36. The molecule has 1 aliphatic heterocycles. The van der Waals surface area contributed by atoms with Crippen LogP contribution in [0.2, 0.25) is 0 Å². The third-order valence-electron chi connectivity index (χ3n) is 6.36. The van der Waals surface area contributed by atoms with E-state index in [0.717, 1.165) is 29.7 Å². The van der Waals surface area contributed by atoms with E-state index in [4.69, 9.17) is 0 Å². The molecular weight excluding hydrogens is 632 g/mol. The van der Waals surface area contributed by atoms with Crippen LogP contribution in [0.15, 0.2) is 14.5 Å². The van der Waals surface area contributed by atoms with E-state index in [1.54, 1.807) is 11.6 Å². The van der Waals surface area contributed by atoms with Crippen LogP contribution in [0.25, 0.3) is 0 Å². The number of hydrogen-bond donors (Lipinski definition) is 1. The Morgan fingerprint density at radius 1 is 0.953 bits per heavy atom. The standard InChI is InChI=1S/C24H34N4O12S3/c1-7-28(20(32)11-27(6)22(34)13-40-16(4)30)18-8-14(2)42(35,36)24-17(18)9-23(41-24)43(37,38)25-19(31)10-26(5)21(33)12-39-15(3)29/h9,14,18H,7-8,10-13H2,1-6H3,(H,25,31)/t14-,18-/m0/s1. The van der Waals surface area contributed by atoms with E-state index in [1.165, 1.54) is 25.9 Å². The van der Waals surface area contributed by atoms with Gasteiger partial charge in [-0.15, -0.1) is 11.3 Å². The van der Waals surface area contributed by atoms with Crippen LogP contribution in [0, 0.1) is 0 Å². The molecular formula is C24H34N4O12S3. The zero-order chi connectivity index (χ0) is 32.9. The highest BCUT2D eigenvalue weighted by Gasteiger charge is 2.43. The number of thiophene rings is 1. The average molecular weight is 667 g/mol. The maximum atomic E-state index is 13.2. The fraction of sp³-hybridized carbons (Fsp3) is 0.583. The Labute approximate surface area is 253 Å². The van der Waals surface area contributed by atoms with Gasteiger partial charge in [0.25, 0.3) is 27.7 Å². The van der Waals surface area contributed by atoms with Crippen LogP contribution in [0.4, 0.5) is 0 Å². The zero-order valence-electron chi connectivity index (χ0n) is 24.4. The predicted molar refractivity (Wildman–Crippen MR) is 150 cm³/mol. The summed E-state index contributed by atoms with van der Waals surface area (Å²) in [5.74, 6) is -4.47. The first-order valence-corrected chi connectivity index (χ1v) is 16.6. The number of nitrogens with zero attached hydrogens (tertiary/aromatic N) is 3. The van der Waals surface area contributed by atoms with Crippen LogP contribution in [0.1, 0.15) is 45.7 Å². The second-order valence-corrected chi connectivity index (χ2v) is 15.2. The van der Waals surface area contributed by atoms with Gasteiger partial charge < -0.3 is 24.2 Å². The first kappa shape index (κ1) is 35.6. The maximum Gasteiger partial charge on any atom is 0.303 e. The summed E-state index contributed by atoms with van der Waals surface area (Å²) < 4.78 is 62.7. The van der Waals surface area contributed by atoms with Crippen LogP contribution >= 0.6 is 11.3 Å². The lowest BCUT2D eigenvalue weighted by atomic mass is 10.0. The molecule has 1 aromatic heterocycles. The van der Waals surface area contributed by atoms with Crippen molar-refractivity contribution in [1.29, 1.82) is 0 Å². The number of nitrogens with one attached hydrogen (secondary N) is 1. The molecule has 16 nitrogen and oxygen atoms in total. The average Bonchev–Trinajstić information content (AvgIpc) is 3.36. The highest BCUT2D eigenvalue weighted by Crippen LogP contribution is 2.45. The molecule has 2 rings (SSSR count). The van der Waals surface area contributed by atoms with E-state index in [2.05, 4.69) is 9.47 Å². The Kier molecular flexibility index (Phi) is 11.8. The van der Waals surface area contributed by atoms with Gasteiger partial charge in [-0.2, -0.15) is 0 Å². The van der Waals surface area contributed by atoms with Gasteiger partial charge in [0.05, 0.1) is 17.8 Å². The van der Waals surface area contributed by atoms with Crippen molar-refractivity contribution in [3.63, 3.8) is 0 Å². The van der Waals surface area contributed by atoms with E-state index in [1.807, 2.05) is 0 Å². The topological polar surface area (TPSA) is 211 Å². The number of ether oxygens (including phenoxy) is 2. The van der Waals surface area contributed by atoms with E-state index in [-0.39, 0.29) is 22.7 Å². The number of carbonyl (C=O) groups excluding carboxylic acids is 6. The quantitative estimate of drug-likeness (QED) is 0.268. The van der Waals surface area contributed by atoms with Gasteiger partial charge in [-0.1, -0.05) is 0 Å². The van der Waals surface area contributed by atoms with Crippen LogP contribution in [-0.2, 0) is 58.1 Å². The van der Waals surface area contributed by atoms with Gasteiger partial charge in [-0.05, 0) is 26.3 Å². The molecule has 240 valence electrons. The molecule has 43 heavy (non-hydrogen) atoms. The molecule has 0 saturated carbocycles. The molecule has 0 fully saturated rings. The highest BCUT2D eigenvalue weighted by atomic mass is 32.3. The number of sulfonamides is 1. The summed E-state index contributed by atoms with van der Waals surface area (Å²) >= 11 is 0.423. The predicted octanol–water partition coefficient (Wildman–Crippen LogP) is -0.948. The third kappa shape index (κ3) is 8.96. The fourth-order valence-corrected chi connectivity index (χ4v) is 8.99. The van der Waals surface area contributed by atoms with E-state index >= 15 is 0 Å². The Hall–Kier alpha value is -3.58. The van der Waals surface area contributed by atoms with E-state index in [9.17, 15) is 45.6 Å². The zero-order valence-corrected chi connectivity index (χ0v) is 26.9. The molecule has 0 saturated heterocycles. The molecule has 19 heteroatoms. The van der Waals surface area contributed by atoms with Crippen molar-refractivity contribution >= 4 is 66.8 Å². The molecule has 1 aromatic rings. The molecule has 0 spiro atoms. The molecule has 0 aliphatic carbocycles. The molecule has 1 N–H and O–H groups in total. The monoisotopic (exact) mass is 666 g/mol. The Morgan fingerprint density at radius 2 is 1.47 bits per heavy atom. The molecule has 2 heterocycles. The lowest BCUT2D eigenvalue weighted by molar-refractivity contribution is -0.151. The van der Waals surface area contributed by atoms with Gasteiger partial charge in [-0.25, -0.2) is 21.6 Å². The largest absolute Gasteiger partial charge is 0.456 e. The van der Waals surface area contributed by atoms with Crippen LogP contribution < -0.4 is 4.72 Å². The summed E-state index contributed by atoms with van der Waals surface area (Å²) in [6.07, 6.45) is -0.0577. The molecule has 0 radical (unpaired) electrons. The van der Waals surface area contributed by atoms with Gasteiger partial charge in [0.1, 0.15) is 15.0 Å². The SMILES string of the molecule is CCN(C(=O)CN(C)C(=O)COC(C)=O)[C@H]1C[C@H](C)S(=O)(=O)c2sc(S(=O)(=O)NC(=O)CN(C)C(=O)COC(C)=O)cc21. The minimum Gasteiger partial charge on any atom is -0.456 e. The smallest absolute Gasteiger partial charge is 0.303 e. The Bertz CT molecular complexity index is 1500. The van der Waals surface area contributed by atoms with Crippen molar-refractivity contribution in [2.24, 2.45) is 0 Å². The van der Waals surface area contributed by atoms with Gasteiger partial charge >= 0.3 is 11.9 Å². The number of fused-ring (bicyclic) bond motifs is 1. The number of hydrogen-bond acceptors (Lipinski definition) is 13. The summed E-state index contributed by atoms with van der Waals surface area (Å²) in [4.78, 5) is 75.0. The summed E-state index contributed by atoms with van der Waals surface area (Å²) in [7, 11) is -6.07.